The van der Waals surface area contributed by atoms with E-state index in [4.69, 9.17) is 23.2 Å². The van der Waals surface area contributed by atoms with Crippen LogP contribution in [-0.2, 0) is 0 Å². The van der Waals surface area contributed by atoms with Crippen molar-refractivity contribution in [3.05, 3.63) is 69.2 Å². The zero-order chi connectivity index (χ0) is 13.8. The van der Waals surface area contributed by atoms with E-state index >= 15 is 0 Å². The minimum absolute atomic E-state index is 0.353. The molecule has 0 N–H and O–H groups in total. The lowest BCUT2D eigenvalue weighted by Crippen LogP contribution is -1.87. The van der Waals surface area contributed by atoms with E-state index in [0.717, 1.165) is 10.0 Å². The average molecular weight is 353 g/mol. The van der Waals surface area contributed by atoms with Gasteiger partial charge in [0.2, 0.25) is 0 Å². The highest BCUT2D eigenvalue weighted by molar-refractivity contribution is 9.10. The van der Waals surface area contributed by atoms with E-state index < -0.39 is 0 Å². The summed E-state index contributed by atoms with van der Waals surface area (Å²) in [4.78, 5) is 0. The molecule has 0 atom stereocenters. The van der Waals surface area contributed by atoms with Crippen molar-refractivity contribution in [3.63, 3.8) is 0 Å². The van der Waals surface area contributed by atoms with Gasteiger partial charge in [-0.05, 0) is 17.7 Å². The highest BCUT2D eigenvalue weighted by Crippen LogP contribution is 2.34. The van der Waals surface area contributed by atoms with Gasteiger partial charge >= 0.3 is 0 Å². The van der Waals surface area contributed by atoms with Crippen LogP contribution in [0.3, 0.4) is 0 Å². The molecule has 19 heavy (non-hydrogen) atoms. The molecule has 1 nitrogen and oxygen atoms in total. The number of rotatable bonds is 2. The lowest BCUT2D eigenvalue weighted by atomic mass is 10.0. The maximum Gasteiger partial charge on any atom is 0.101 e. The Labute approximate surface area is 130 Å². The highest BCUT2D eigenvalue weighted by Gasteiger charge is 2.12. The molecular formula is C15H8BrCl2N. The monoisotopic (exact) mass is 351 g/mol. The smallest absolute Gasteiger partial charge is 0.101 e. The molecule has 2 aromatic rings. The fourth-order valence-corrected chi connectivity index (χ4v) is 2.78. The van der Waals surface area contributed by atoms with E-state index in [2.05, 4.69) is 22.0 Å². The predicted octanol–water partition coefficient (Wildman–Crippen LogP) is 5.73. The van der Waals surface area contributed by atoms with Crippen molar-refractivity contribution >= 4 is 49.7 Å². The van der Waals surface area contributed by atoms with Crippen LogP contribution in [0.15, 0.2) is 53.0 Å². The average Bonchev–Trinajstić information content (AvgIpc) is 2.40. The second kappa shape index (κ2) is 6.25. The Morgan fingerprint density at radius 3 is 2.37 bits per heavy atom. The Hall–Kier alpha value is -1.27. The standard InChI is InChI=1S/C15H8BrCl2N/c16-11-6-7-12(14(17)8-11)15(18)13(9-19)10-4-2-1-3-5-10/h1-8H. The van der Waals surface area contributed by atoms with Crippen LogP contribution in [0.5, 0.6) is 0 Å². The molecule has 0 aliphatic rings. The molecule has 2 rings (SSSR count). The maximum atomic E-state index is 9.31. The first-order valence-electron chi connectivity index (χ1n) is 5.44. The summed E-state index contributed by atoms with van der Waals surface area (Å²) in [7, 11) is 0. The molecule has 0 bridgehead atoms. The van der Waals surface area contributed by atoms with Crippen LogP contribution in [0.2, 0.25) is 5.02 Å². The number of allylic oxidation sites excluding steroid dienone is 1. The summed E-state index contributed by atoms with van der Waals surface area (Å²) >= 11 is 15.8. The van der Waals surface area contributed by atoms with E-state index in [-0.39, 0.29) is 0 Å². The van der Waals surface area contributed by atoms with E-state index in [0.29, 0.717) is 21.2 Å². The summed E-state index contributed by atoms with van der Waals surface area (Å²) in [5.41, 5.74) is 1.83. The molecule has 0 aliphatic heterocycles. The van der Waals surface area contributed by atoms with Crippen molar-refractivity contribution in [3.8, 4) is 6.07 Å². The van der Waals surface area contributed by atoms with Gasteiger partial charge in [0.05, 0.1) is 15.6 Å². The maximum absolute atomic E-state index is 9.31. The first-order valence-corrected chi connectivity index (χ1v) is 6.99. The summed E-state index contributed by atoms with van der Waals surface area (Å²) in [6.45, 7) is 0. The quantitative estimate of drug-likeness (QED) is 0.499. The Morgan fingerprint density at radius 1 is 1.11 bits per heavy atom. The van der Waals surface area contributed by atoms with Crippen molar-refractivity contribution in [1.29, 1.82) is 5.26 Å². The fraction of sp³-hybridized carbons (Fsp3) is 0. The molecule has 0 heterocycles. The minimum atomic E-state index is 0.353. The van der Waals surface area contributed by atoms with Gasteiger partial charge in [0.15, 0.2) is 0 Å². The van der Waals surface area contributed by atoms with Crippen molar-refractivity contribution < 1.29 is 0 Å². The zero-order valence-electron chi connectivity index (χ0n) is 9.70. The number of nitriles is 1. The molecule has 0 aliphatic carbocycles. The topological polar surface area (TPSA) is 23.8 Å². The van der Waals surface area contributed by atoms with E-state index in [1.165, 1.54) is 0 Å². The number of hydrogen-bond donors (Lipinski definition) is 0. The fourth-order valence-electron chi connectivity index (χ4n) is 1.65. The van der Waals surface area contributed by atoms with Crippen LogP contribution in [0.4, 0.5) is 0 Å². The first-order chi connectivity index (χ1) is 9.13. The molecule has 4 heteroatoms. The van der Waals surface area contributed by atoms with Crippen molar-refractivity contribution in [2.75, 3.05) is 0 Å². The van der Waals surface area contributed by atoms with Crippen LogP contribution in [0.25, 0.3) is 10.6 Å². The molecule has 0 aromatic heterocycles. The van der Waals surface area contributed by atoms with Gasteiger partial charge in [0.1, 0.15) is 6.07 Å². The number of halogens is 3. The predicted molar refractivity (Wildman–Crippen MR) is 83.9 cm³/mol. The molecule has 0 radical (unpaired) electrons. The largest absolute Gasteiger partial charge is 0.192 e. The lowest BCUT2D eigenvalue weighted by Gasteiger charge is -2.07. The molecule has 0 saturated carbocycles. The summed E-state index contributed by atoms with van der Waals surface area (Å²) in [5.74, 6) is 0. The van der Waals surface area contributed by atoms with Gasteiger partial charge in [-0.15, -0.1) is 0 Å². The second-order valence-electron chi connectivity index (χ2n) is 3.79. The number of benzene rings is 2. The van der Waals surface area contributed by atoms with Crippen LogP contribution in [0.1, 0.15) is 11.1 Å². The van der Waals surface area contributed by atoms with Gasteiger partial charge in [-0.2, -0.15) is 5.26 Å². The molecule has 2 aromatic carbocycles. The van der Waals surface area contributed by atoms with Gasteiger partial charge in [-0.3, -0.25) is 0 Å². The Balaban J connectivity index is 2.59. The Morgan fingerprint density at radius 2 is 1.79 bits per heavy atom. The normalized spacial score (nSPS) is 11.7. The number of nitrogens with zero attached hydrogens (tertiary/aromatic N) is 1. The molecular weight excluding hydrogens is 345 g/mol. The lowest BCUT2D eigenvalue weighted by molar-refractivity contribution is 1.52. The van der Waals surface area contributed by atoms with Gasteiger partial charge in [0.25, 0.3) is 0 Å². The van der Waals surface area contributed by atoms with Crippen LogP contribution >= 0.6 is 39.1 Å². The van der Waals surface area contributed by atoms with Crippen LogP contribution in [-0.4, -0.2) is 0 Å². The van der Waals surface area contributed by atoms with Gasteiger partial charge in [-0.1, -0.05) is 75.5 Å². The van der Waals surface area contributed by atoms with Crippen molar-refractivity contribution in [2.24, 2.45) is 0 Å². The second-order valence-corrected chi connectivity index (χ2v) is 5.49. The molecule has 0 unspecified atom stereocenters. The highest BCUT2D eigenvalue weighted by atomic mass is 79.9. The first kappa shape index (κ1) is 14.1. The van der Waals surface area contributed by atoms with E-state index in [1.807, 2.05) is 36.4 Å². The van der Waals surface area contributed by atoms with Gasteiger partial charge in [-0.25, -0.2) is 0 Å². The molecule has 0 amide bonds. The third-order valence-electron chi connectivity index (χ3n) is 2.56. The van der Waals surface area contributed by atoms with E-state index in [1.54, 1.807) is 12.1 Å². The molecule has 0 saturated heterocycles. The Kier molecular flexibility index (Phi) is 4.66. The van der Waals surface area contributed by atoms with E-state index in [9.17, 15) is 5.26 Å². The summed E-state index contributed by atoms with van der Waals surface area (Å²) < 4.78 is 0.865. The van der Waals surface area contributed by atoms with Gasteiger partial charge < -0.3 is 0 Å². The number of hydrogen-bond acceptors (Lipinski definition) is 1. The Bertz CT molecular complexity index is 672. The SMILES string of the molecule is N#CC(=C(Cl)c1ccc(Br)cc1Cl)c1ccccc1. The van der Waals surface area contributed by atoms with Crippen LogP contribution < -0.4 is 0 Å². The summed E-state index contributed by atoms with van der Waals surface area (Å²) in [6, 6.07) is 16.8. The third-order valence-corrected chi connectivity index (χ3v) is 3.76. The third kappa shape index (κ3) is 3.19. The molecule has 0 spiro atoms. The summed E-state index contributed by atoms with van der Waals surface area (Å²) in [5, 5.41) is 10.2. The zero-order valence-corrected chi connectivity index (χ0v) is 12.8. The molecule has 0 fully saturated rings. The molecule has 94 valence electrons. The van der Waals surface area contributed by atoms with Gasteiger partial charge in [0, 0.05) is 10.0 Å². The van der Waals surface area contributed by atoms with Crippen molar-refractivity contribution in [1.82, 2.24) is 0 Å². The minimum Gasteiger partial charge on any atom is -0.192 e. The van der Waals surface area contributed by atoms with Crippen molar-refractivity contribution in [2.45, 2.75) is 0 Å². The summed E-state index contributed by atoms with van der Waals surface area (Å²) in [6.07, 6.45) is 0. The van der Waals surface area contributed by atoms with Crippen LogP contribution in [0, 0.1) is 11.3 Å².